The van der Waals surface area contributed by atoms with Crippen molar-refractivity contribution < 1.29 is 14.3 Å². The van der Waals surface area contributed by atoms with E-state index in [1.54, 1.807) is 13.2 Å². The summed E-state index contributed by atoms with van der Waals surface area (Å²) in [7, 11) is 1.64. The van der Waals surface area contributed by atoms with Gasteiger partial charge in [-0.2, -0.15) is 5.26 Å². The Bertz CT molecular complexity index is 1010. The Morgan fingerprint density at radius 3 is 2.84 bits per heavy atom. The molecule has 0 saturated carbocycles. The van der Waals surface area contributed by atoms with Crippen molar-refractivity contribution >= 4 is 12.0 Å². The third kappa shape index (κ3) is 5.56. The minimum Gasteiger partial charge on any atom is -0.496 e. The fourth-order valence-electron chi connectivity index (χ4n) is 4.06. The monoisotopic (exact) mass is 421 g/mol. The molecule has 1 aromatic carbocycles. The minimum atomic E-state index is -0.363. The van der Waals surface area contributed by atoms with Crippen LogP contribution in [0.5, 0.6) is 5.75 Å². The van der Waals surface area contributed by atoms with Crippen LogP contribution in [0.4, 0.5) is 0 Å². The highest BCUT2D eigenvalue weighted by Gasteiger charge is 2.19. The molecule has 6 heteroatoms. The van der Waals surface area contributed by atoms with Crippen molar-refractivity contribution in [2.24, 2.45) is 0 Å². The summed E-state index contributed by atoms with van der Waals surface area (Å²) in [4.78, 5) is 12.6. The second-order valence-electron chi connectivity index (χ2n) is 8.06. The van der Waals surface area contributed by atoms with Crippen molar-refractivity contribution in [3.8, 4) is 11.8 Å². The predicted octanol–water partition coefficient (Wildman–Crippen LogP) is 3.87. The van der Waals surface area contributed by atoms with Gasteiger partial charge < -0.3 is 19.4 Å². The van der Waals surface area contributed by atoms with Crippen LogP contribution in [0.2, 0.25) is 0 Å². The molecule has 1 aliphatic rings. The summed E-state index contributed by atoms with van der Waals surface area (Å²) in [5.74, 6) is 0.438. The van der Waals surface area contributed by atoms with Crippen LogP contribution < -0.4 is 10.1 Å². The third-order valence-corrected chi connectivity index (χ3v) is 5.80. The van der Waals surface area contributed by atoms with Crippen LogP contribution in [-0.2, 0) is 22.5 Å². The van der Waals surface area contributed by atoms with Crippen LogP contribution in [0.25, 0.3) is 6.08 Å². The molecule has 164 valence electrons. The highest BCUT2D eigenvalue weighted by atomic mass is 16.5. The average Bonchev–Trinajstić information content (AvgIpc) is 3.36. The first-order valence-electron chi connectivity index (χ1n) is 10.7. The molecule has 1 amide bonds. The predicted molar refractivity (Wildman–Crippen MR) is 121 cm³/mol. The van der Waals surface area contributed by atoms with Crippen LogP contribution >= 0.6 is 0 Å². The van der Waals surface area contributed by atoms with Gasteiger partial charge in [0.25, 0.3) is 5.91 Å². The van der Waals surface area contributed by atoms with Gasteiger partial charge in [0.2, 0.25) is 0 Å². The molecule has 1 atom stereocenters. The van der Waals surface area contributed by atoms with E-state index >= 15 is 0 Å². The number of nitrogens with one attached hydrogen (secondary N) is 1. The van der Waals surface area contributed by atoms with Crippen molar-refractivity contribution in [3.63, 3.8) is 0 Å². The summed E-state index contributed by atoms with van der Waals surface area (Å²) < 4.78 is 13.4. The lowest BCUT2D eigenvalue weighted by Crippen LogP contribution is -2.26. The van der Waals surface area contributed by atoms with Crippen molar-refractivity contribution in [2.75, 3.05) is 20.3 Å². The molecule has 1 N–H and O–H groups in total. The van der Waals surface area contributed by atoms with Gasteiger partial charge in [-0.25, -0.2) is 0 Å². The van der Waals surface area contributed by atoms with Crippen LogP contribution in [0.15, 0.2) is 29.8 Å². The first kappa shape index (κ1) is 22.6. The fourth-order valence-corrected chi connectivity index (χ4v) is 4.06. The molecule has 1 aliphatic heterocycles. The van der Waals surface area contributed by atoms with Gasteiger partial charge in [0, 0.05) is 31.1 Å². The van der Waals surface area contributed by atoms with E-state index < -0.39 is 0 Å². The van der Waals surface area contributed by atoms with Crippen LogP contribution in [-0.4, -0.2) is 36.8 Å². The zero-order valence-electron chi connectivity index (χ0n) is 18.8. The van der Waals surface area contributed by atoms with Crippen LogP contribution in [0, 0.1) is 32.1 Å². The number of hydrogen-bond donors (Lipinski definition) is 1. The van der Waals surface area contributed by atoms with Crippen molar-refractivity contribution in [1.82, 2.24) is 9.88 Å². The Kier molecular flexibility index (Phi) is 7.54. The number of carbonyl (C=O) groups is 1. The lowest BCUT2D eigenvalue weighted by molar-refractivity contribution is -0.117. The fraction of sp³-hybridized carbons (Fsp3) is 0.440. The number of hydrogen-bond acceptors (Lipinski definition) is 4. The lowest BCUT2D eigenvalue weighted by atomic mass is 10.1. The maximum absolute atomic E-state index is 12.6. The quantitative estimate of drug-likeness (QED) is 0.519. The van der Waals surface area contributed by atoms with Gasteiger partial charge in [-0.1, -0.05) is 17.7 Å². The number of rotatable bonds is 8. The molecule has 0 aliphatic carbocycles. The molecule has 2 aromatic rings. The summed E-state index contributed by atoms with van der Waals surface area (Å²) in [6.45, 7) is 8.14. The summed E-state index contributed by atoms with van der Waals surface area (Å²) >= 11 is 0. The van der Waals surface area contributed by atoms with Crippen molar-refractivity contribution in [3.05, 3.63) is 57.9 Å². The zero-order chi connectivity index (χ0) is 22.4. The van der Waals surface area contributed by atoms with Gasteiger partial charge in [-0.05, 0) is 69.4 Å². The summed E-state index contributed by atoms with van der Waals surface area (Å²) in [5, 5.41) is 12.4. The first-order valence-corrected chi connectivity index (χ1v) is 10.7. The normalized spacial score (nSPS) is 16.2. The number of nitriles is 1. The Morgan fingerprint density at radius 2 is 2.16 bits per heavy atom. The average molecular weight is 422 g/mol. The number of carbonyl (C=O) groups excluding carboxylic acids is 1. The number of ether oxygens (including phenoxy) is 2. The molecule has 1 unspecified atom stereocenters. The second-order valence-corrected chi connectivity index (χ2v) is 8.06. The Morgan fingerprint density at radius 1 is 1.35 bits per heavy atom. The number of methoxy groups -OCH3 is 1. The molecule has 1 aromatic heterocycles. The summed E-state index contributed by atoms with van der Waals surface area (Å²) in [5.41, 5.74) is 5.30. The van der Waals surface area contributed by atoms with E-state index in [0.717, 1.165) is 59.8 Å². The lowest BCUT2D eigenvalue weighted by Gasteiger charge is -2.14. The van der Waals surface area contributed by atoms with Gasteiger partial charge in [0.15, 0.2) is 0 Å². The Labute approximate surface area is 184 Å². The maximum Gasteiger partial charge on any atom is 0.261 e. The summed E-state index contributed by atoms with van der Waals surface area (Å²) in [6, 6.07) is 10.0. The maximum atomic E-state index is 12.6. The molecule has 1 fully saturated rings. The third-order valence-electron chi connectivity index (χ3n) is 5.80. The molecular weight excluding hydrogens is 390 g/mol. The second kappa shape index (κ2) is 10.3. The zero-order valence-corrected chi connectivity index (χ0v) is 18.8. The van der Waals surface area contributed by atoms with Gasteiger partial charge >= 0.3 is 0 Å². The minimum absolute atomic E-state index is 0.105. The first-order chi connectivity index (χ1) is 14.9. The molecule has 3 rings (SSSR count). The van der Waals surface area contributed by atoms with Gasteiger partial charge in [-0.3, -0.25) is 4.79 Å². The molecule has 31 heavy (non-hydrogen) atoms. The number of nitrogens with zero attached hydrogens (tertiary/aromatic N) is 2. The number of aromatic nitrogens is 1. The number of aryl methyl sites for hydroxylation is 2. The van der Waals surface area contributed by atoms with E-state index in [0.29, 0.717) is 13.0 Å². The SMILES string of the molecule is COc1ccc(C)cc1CCNC(=O)/C(C#N)=C/c1cc(C)n(CC2CCCO2)c1C. The van der Waals surface area contributed by atoms with E-state index in [1.807, 2.05) is 39.0 Å². The number of benzene rings is 1. The highest BCUT2D eigenvalue weighted by Crippen LogP contribution is 2.22. The Hall–Kier alpha value is -3.04. The van der Waals surface area contributed by atoms with Crippen LogP contribution in [0.3, 0.4) is 0 Å². The molecule has 6 nitrogen and oxygen atoms in total. The van der Waals surface area contributed by atoms with E-state index in [2.05, 4.69) is 22.0 Å². The van der Waals surface area contributed by atoms with Crippen molar-refractivity contribution in [1.29, 1.82) is 5.26 Å². The summed E-state index contributed by atoms with van der Waals surface area (Å²) in [6.07, 6.45) is 4.71. The van der Waals surface area contributed by atoms with E-state index in [1.165, 1.54) is 0 Å². The van der Waals surface area contributed by atoms with Gasteiger partial charge in [-0.15, -0.1) is 0 Å². The largest absolute Gasteiger partial charge is 0.496 e. The van der Waals surface area contributed by atoms with E-state index in [4.69, 9.17) is 9.47 Å². The van der Waals surface area contributed by atoms with E-state index in [9.17, 15) is 10.1 Å². The molecular formula is C25H31N3O3. The van der Waals surface area contributed by atoms with Crippen molar-refractivity contribution in [2.45, 2.75) is 52.7 Å². The molecule has 0 radical (unpaired) electrons. The smallest absolute Gasteiger partial charge is 0.261 e. The Balaban J connectivity index is 1.67. The number of amides is 1. The van der Waals surface area contributed by atoms with Gasteiger partial charge in [0.1, 0.15) is 17.4 Å². The topological polar surface area (TPSA) is 76.3 Å². The molecule has 0 spiro atoms. The molecule has 0 bridgehead atoms. The van der Waals surface area contributed by atoms with E-state index in [-0.39, 0.29) is 17.6 Å². The molecule has 2 heterocycles. The molecule has 1 saturated heterocycles. The van der Waals surface area contributed by atoms with Gasteiger partial charge in [0.05, 0.1) is 13.2 Å². The highest BCUT2D eigenvalue weighted by molar-refractivity contribution is 6.01. The van der Waals surface area contributed by atoms with Crippen LogP contribution in [0.1, 0.15) is 40.9 Å². The standard InChI is InChI=1S/C25H31N3O3/c1-17-7-8-24(30-4)20(12-17)9-10-27-25(29)22(15-26)14-21-13-18(2)28(19(21)3)16-23-6-5-11-31-23/h7-8,12-14,23H,5-6,9-11,16H2,1-4H3,(H,27,29)/b22-14+.